The third-order valence-corrected chi connectivity index (χ3v) is 6.56. The number of anilines is 2. The van der Waals surface area contributed by atoms with Crippen LogP contribution in [0.5, 0.6) is 5.75 Å². The minimum atomic E-state index is -0.531. The van der Waals surface area contributed by atoms with E-state index in [1.54, 1.807) is 26.0 Å². The van der Waals surface area contributed by atoms with E-state index in [0.29, 0.717) is 31.0 Å². The summed E-state index contributed by atoms with van der Waals surface area (Å²) >= 11 is 4.67. The van der Waals surface area contributed by atoms with E-state index >= 15 is 0 Å². The van der Waals surface area contributed by atoms with Gasteiger partial charge in [0.2, 0.25) is 5.91 Å². The molecule has 33 heavy (non-hydrogen) atoms. The van der Waals surface area contributed by atoms with E-state index < -0.39 is 5.97 Å². The Morgan fingerprint density at radius 1 is 0.970 bits per heavy atom. The Labute approximate surface area is 204 Å². The van der Waals surface area contributed by atoms with Crippen molar-refractivity contribution in [3.63, 3.8) is 0 Å². The first-order valence-electron chi connectivity index (χ1n) is 10.6. The van der Waals surface area contributed by atoms with Gasteiger partial charge in [-0.05, 0) is 53.0 Å². The zero-order valence-electron chi connectivity index (χ0n) is 18.6. The average Bonchev–Trinajstić information content (AvgIpc) is 3.16. The fraction of sp³-hybridized carbons (Fsp3) is 0.292. The molecule has 2 aromatic carbocycles. The van der Waals surface area contributed by atoms with Crippen molar-refractivity contribution < 1.29 is 23.9 Å². The maximum absolute atomic E-state index is 12.6. The van der Waals surface area contributed by atoms with Gasteiger partial charge in [-0.3, -0.25) is 9.59 Å². The van der Waals surface area contributed by atoms with Crippen molar-refractivity contribution in [3.05, 3.63) is 52.0 Å². The molecular formula is C24H25BrN2O5S. The molecule has 3 rings (SSSR count). The highest BCUT2D eigenvalue weighted by atomic mass is 79.9. The fourth-order valence-electron chi connectivity index (χ4n) is 3.11. The van der Waals surface area contributed by atoms with E-state index in [4.69, 9.17) is 9.47 Å². The number of fused-ring (bicyclic) bond motifs is 1. The molecule has 9 heteroatoms. The molecule has 0 atom stereocenters. The van der Waals surface area contributed by atoms with E-state index in [1.165, 1.54) is 16.9 Å². The number of hydrogen-bond donors (Lipinski definition) is 2. The summed E-state index contributed by atoms with van der Waals surface area (Å²) in [7, 11) is 0. The van der Waals surface area contributed by atoms with Crippen LogP contribution >= 0.6 is 27.3 Å². The van der Waals surface area contributed by atoms with Gasteiger partial charge >= 0.3 is 5.97 Å². The van der Waals surface area contributed by atoms with Crippen LogP contribution in [0.25, 0.3) is 10.1 Å². The lowest BCUT2D eigenvalue weighted by Crippen LogP contribution is -2.20. The van der Waals surface area contributed by atoms with Crippen molar-refractivity contribution >= 4 is 65.8 Å². The zero-order chi connectivity index (χ0) is 24.0. The molecule has 0 saturated heterocycles. The quantitative estimate of drug-likeness (QED) is 0.341. The van der Waals surface area contributed by atoms with Crippen LogP contribution in [-0.2, 0) is 20.7 Å². The Kier molecular flexibility index (Phi) is 8.46. The monoisotopic (exact) mass is 532 g/mol. The summed E-state index contributed by atoms with van der Waals surface area (Å²) in [5.41, 5.74) is 2.14. The maximum atomic E-state index is 12.6. The van der Waals surface area contributed by atoms with Crippen LogP contribution in [0.2, 0.25) is 0 Å². The highest BCUT2D eigenvalue weighted by molar-refractivity contribution is 9.10. The van der Waals surface area contributed by atoms with Crippen LogP contribution in [-0.4, -0.2) is 31.0 Å². The molecule has 0 aliphatic heterocycles. The van der Waals surface area contributed by atoms with Gasteiger partial charge in [0.1, 0.15) is 10.6 Å². The van der Waals surface area contributed by atoms with Gasteiger partial charge in [-0.15, -0.1) is 11.3 Å². The summed E-state index contributed by atoms with van der Waals surface area (Å²) < 4.78 is 12.3. The Bertz CT molecular complexity index is 1170. The molecule has 2 N–H and O–H groups in total. The number of esters is 1. The molecule has 1 aromatic heterocycles. The van der Waals surface area contributed by atoms with Crippen molar-refractivity contribution in [1.29, 1.82) is 0 Å². The third kappa shape index (κ3) is 5.91. The molecular weight excluding hydrogens is 508 g/mol. The molecule has 1 heterocycles. The molecule has 0 aliphatic rings. The fourth-order valence-corrected chi connectivity index (χ4v) is 4.90. The van der Waals surface area contributed by atoms with Gasteiger partial charge in [-0.1, -0.05) is 32.0 Å². The van der Waals surface area contributed by atoms with Gasteiger partial charge in [0, 0.05) is 17.5 Å². The van der Waals surface area contributed by atoms with Gasteiger partial charge in [0.15, 0.2) is 12.4 Å². The van der Waals surface area contributed by atoms with E-state index in [-0.39, 0.29) is 37.0 Å². The number of rotatable bonds is 9. The van der Waals surface area contributed by atoms with Crippen molar-refractivity contribution in [1.82, 2.24) is 0 Å². The minimum absolute atomic E-state index is 0.205. The summed E-state index contributed by atoms with van der Waals surface area (Å²) in [5, 5.41) is 6.55. The second-order valence-electron chi connectivity index (χ2n) is 7.07. The van der Waals surface area contributed by atoms with E-state index in [9.17, 15) is 14.4 Å². The number of halogens is 1. The Hall–Kier alpha value is -2.91. The summed E-state index contributed by atoms with van der Waals surface area (Å²) in [6.45, 7) is 5.49. The van der Waals surface area contributed by atoms with Gasteiger partial charge in [-0.2, -0.15) is 0 Å². The predicted octanol–water partition coefficient (Wildman–Crippen LogP) is 5.77. The lowest BCUT2D eigenvalue weighted by molar-refractivity contribution is -0.118. The zero-order valence-corrected chi connectivity index (χ0v) is 21.0. The molecule has 0 fully saturated rings. The smallest absolute Gasteiger partial charge is 0.341 e. The second-order valence-corrected chi connectivity index (χ2v) is 8.94. The number of aryl methyl sites for hydroxylation is 1. The summed E-state index contributed by atoms with van der Waals surface area (Å²) in [6, 6.07) is 11.1. The van der Waals surface area contributed by atoms with Crippen LogP contribution in [0.15, 0.2) is 40.9 Å². The van der Waals surface area contributed by atoms with E-state index in [1.807, 2.05) is 24.3 Å². The lowest BCUT2D eigenvalue weighted by atomic mass is 10.1. The highest BCUT2D eigenvalue weighted by Gasteiger charge is 2.24. The number of ether oxygens (including phenoxy) is 2. The second kappa shape index (κ2) is 11.3. The van der Waals surface area contributed by atoms with E-state index in [0.717, 1.165) is 6.42 Å². The summed E-state index contributed by atoms with van der Waals surface area (Å²) in [6.07, 6.45) is 1.19. The highest BCUT2D eigenvalue weighted by Crippen LogP contribution is 2.44. The molecule has 2 amide bonds. The number of thiophene rings is 1. The molecule has 174 valence electrons. The lowest BCUT2D eigenvalue weighted by Gasteiger charge is -2.10. The first kappa shape index (κ1) is 24.7. The van der Waals surface area contributed by atoms with Crippen molar-refractivity contribution in [2.45, 2.75) is 33.6 Å². The molecule has 0 radical (unpaired) electrons. The average molecular weight is 533 g/mol. The van der Waals surface area contributed by atoms with Crippen LogP contribution in [0.3, 0.4) is 0 Å². The first-order chi connectivity index (χ1) is 15.9. The summed E-state index contributed by atoms with van der Waals surface area (Å²) in [5.74, 6) is -0.653. The number of hydrogen-bond acceptors (Lipinski definition) is 6. The predicted molar refractivity (Wildman–Crippen MR) is 134 cm³/mol. The largest absolute Gasteiger partial charge is 0.481 e. The molecule has 0 aliphatic carbocycles. The van der Waals surface area contributed by atoms with Crippen LogP contribution in [0.1, 0.15) is 43.1 Å². The van der Waals surface area contributed by atoms with Crippen molar-refractivity contribution in [2.75, 3.05) is 23.8 Å². The standard InChI is InChI=1S/C24H25BrN2O5S/c1-4-14-7-9-15(10-8-14)26-19(29)13-32-21-17(25)12-11-16-20(24(30)31-6-3)23(33-22(16)21)27-18(28)5-2/h7-12H,4-6,13H2,1-3H3,(H,26,29)(H,27,28). The molecule has 7 nitrogen and oxygen atoms in total. The minimum Gasteiger partial charge on any atom is -0.481 e. The normalized spacial score (nSPS) is 10.7. The third-order valence-electron chi connectivity index (χ3n) is 4.81. The Morgan fingerprint density at radius 2 is 1.70 bits per heavy atom. The number of benzene rings is 2. The van der Waals surface area contributed by atoms with Gasteiger partial charge in [-0.25, -0.2) is 4.79 Å². The first-order valence-corrected chi connectivity index (χ1v) is 12.2. The van der Waals surface area contributed by atoms with Crippen LogP contribution in [0.4, 0.5) is 10.7 Å². The SMILES string of the molecule is CCOC(=O)c1c(NC(=O)CC)sc2c(OCC(=O)Nc3ccc(CC)cc3)c(Br)ccc12. The number of nitrogens with one attached hydrogen (secondary N) is 2. The van der Waals surface area contributed by atoms with E-state index in [2.05, 4.69) is 33.5 Å². The molecule has 0 bridgehead atoms. The molecule has 0 spiro atoms. The Morgan fingerprint density at radius 3 is 2.33 bits per heavy atom. The van der Waals surface area contributed by atoms with Crippen molar-refractivity contribution in [3.8, 4) is 5.75 Å². The molecule has 3 aromatic rings. The Balaban J connectivity index is 1.87. The van der Waals surface area contributed by atoms with Gasteiger partial charge in [0.05, 0.1) is 15.8 Å². The number of amides is 2. The number of carbonyl (C=O) groups is 3. The van der Waals surface area contributed by atoms with Crippen LogP contribution < -0.4 is 15.4 Å². The van der Waals surface area contributed by atoms with Gasteiger partial charge in [0.25, 0.3) is 5.91 Å². The number of carbonyl (C=O) groups excluding carboxylic acids is 3. The molecule has 0 saturated carbocycles. The van der Waals surface area contributed by atoms with Crippen molar-refractivity contribution in [2.24, 2.45) is 0 Å². The topological polar surface area (TPSA) is 93.7 Å². The maximum Gasteiger partial charge on any atom is 0.341 e. The van der Waals surface area contributed by atoms with Crippen LogP contribution in [0, 0.1) is 0 Å². The summed E-state index contributed by atoms with van der Waals surface area (Å²) in [4.78, 5) is 37.1. The van der Waals surface area contributed by atoms with Gasteiger partial charge < -0.3 is 20.1 Å². The molecule has 0 unspecified atom stereocenters.